The third kappa shape index (κ3) is 6.95. The van der Waals surface area contributed by atoms with Crippen LogP contribution in [-0.2, 0) is 0 Å². The van der Waals surface area contributed by atoms with E-state index in [4.69, 9.17) is 11.6 Å². The minimum absolute atomic E-state index is 0.0916. The van der Waals surface area contributed by atoms with Gasteiger partial charge < -0.3 is 0 Å². The summed E-state index contributed by atoms with van der Waals surface area (Å²) in [5.41, 5.74) is -6.91. The molecule has 0 aliphatic heterocycles. The van der Waals surface area contributed by atoms with Crippen molar-refractivity contribution in [3.05, 3.63) is 41.1 Å². The van der Waals surface area contributed by atoms with Gasteiger partial charge in [-0.15, -0.1) is 0 Å². The number of hydrogen-bond donors (Lipinski definition) is 0. The molecular formula is C14H7ClF11NS2. The fourth-order valence-electron chi connectivity index (χ4n) is 1.63. The summed E-state index contributed by atoms with van der Waals surface area (Å²) >= 11 is 5.28. The summed E-state index contributed by atoms with van der Waals surface area (Å²) in [6.45, 7) is 1.70. The second-order valence-corrected chi connectivity index (χ2v) is 7.91. The Morgan fingerprint density at radius 2 is 1.28 bits per heavy atom. The molecule has 0 radical (unpaired) electrons. The zero-order valence-electron chi connectivity index (χ0n) is 13.6. The van der Waals surface area contributed by atoms with Crippen LogP contribution in [0, 0.1) is 6.92 Å². The maximum Gasteiger partial charge on any atom is 0.459 e. The van der Waals surface area contributed by atoms with E-state index in [2.05, 4.69) is 4.99 Å². The van der Waals surface area contributed by atoms with Crippen molar-refractivity contribution >= 4 is 37.7 Å². The average Bonchev–Trinajstić information content (AvgIpc) is 2.50. The minimum atomic E-state index is -6.79. The van der Waals surface area contributed by atoms with Crippen LogP contribution in [0.15, 0.2) is 45.4 Å². The van der Waals surface area contributed by atoms with Gasteiger partial charge in [0.2, 0.25) is 0 Å². The van der Waals surface area contributed by atoms with Gasteiger partial charge in [0.05, 0.1) is 0 Å². The number of aliphatic imine (C=N–C) groups is 1. The van der Waals surface area contributed by atoms with Crippen molar-refractivity contribution < 1.29 is 48.3 Å². The molecule has 15 heteroatoms. The largest absolute Gasteiger partial charge is 0.459 e. The van der Waals surface area contributed by atoms with E-state index in [1.54, 1.807) is 19.1 Å². The number of halogens is 12. The Bertz CT molecular complexity index is 761. The molecule has 1 rings (SSSR count). The maximum atomic E-state index is 13.5. The summed E-state index contributed by atoms with van der Waals surface area (Å²) in [6.07, 6.45) is -20.0. The third-order valence-corrected chi connectivity index (χ3v) is 5.55. The first-order valence-electron chi connectivity index (χ1n) is 6.86. The van der Waals surface area contributed by atoms with Crippen molar-refractivity contribution in [2.45, 2.75) is 36.3 Å². The van der Waals surface area contributed by atoms with E-state index in [-0.39, 0.29) is 10.8 Å². The van der Waals surface area contributed by atoms with Crippen LogP contribution >= 0.6 is 33.2 Å². The highest BCUT2D eigenvalue weighted by molar-refractivity contribution is 8.83. The van der Waals surface area contributed by atoms with Crippen molar-refractivity contribution in [1.29, 1.82) is 0 Å². The van der Waals surface area contributed by atoms with Gasteiger partial charge in [-0.1, -0.05) is 40.1 Å². The van der Waals surface area contributed by atoms with Gasteiger partial charge in [0.15, 0.2) is 10.1 Å². The lowest BCUT2D eigenvalue weighted by Gasteiger charge is -2.25. The van der Waals surface area contributed by atoms with Gasteiger partial charge in [-0.3, -0.25) is 0 Å². The molecule has 29 heavy (non-hydrogen) atoms. The van der Waals surface area contributed by atoms with Crippen LogP contribution < -0.4 is 0 Å². The van der Waals surface area contributed by atoms with Crippen LogP contribution in [0.25, 0.3) is 0 Å². The second-order valence-electron chi connectivity index (χ2n) is 5.14. The fraction of sp³-hybridized carbons (Fsp3) is 0.357. The van der Waals surface area contributed by atoms with Gasteiger partial charge in [-0.2, -0.15) is 48.3 Å². The normalized spacial score (nSPS) is 14.2. The summed E-state index contributed by atoms with van der Waals surface area (Å²) < 4.78 is 139. The lowest BCUT2D eigenvalue weighted by Crippen LogP contribution is -2.42. The summed E-state index contributed by atoms with van der Waals surface area (Å²) in [4.78, 5) is 2.50. The third-order valence-electron chi connectivity index (χ3n) is 2.88. The second kappa shape index (κ2) is 8.92. The number of benzene rings is 1. The fourth-order valence-corrected chi connectivity index (χ4v) is 3.48. The summed E-state index contributed by atoms with van der Waals surface area (Å²) in [6, 6.07) is 6.00. The van der Waals surface area contributed by atoms with Crippen LogP contribution in [0.5, 0.6) is 0 Å². The van der Waals surface area contributed by atoms with Crippen molar-refractivity contribution in [1.82, 2.24) is 0 Å². The van der Waals surface area contributed by atoms with Gasteiger partial charge in [0, 0.05) is 4.90 Å². The number of allylic oxidation sites excluding steroid dienone is 2. The van der Waals surface area contributed by atoms with Gasteiger partial charge in [0.25, 0.3) is 0 Å². The van der Waals surface area contributed by atoms with Gasteiger partial charge in [-0.05, 0) is 29.9 Å². The zero-order chi connectivity index (χ0) is 22.8. The molecule has 1 aromatic rings. The molecule has 0 saturated heterocycles. The predicted octanol–water partition coefficient (Wildman–Crippen LogP) is 7.91. The quantitative estimate of drug-likeness (QED) is 0.181. The highest BCUT2D eigenvalue weighted by Gasteiger charge is 2.66. The van der Waals surface area contributed by atoms with Crippen LogP contribution in [0.1, 0.15) is 5.56 Å². The molecule has 0 atom stereocenters. The molecule has 0 unspecified atom stereocenters. The lowest BCUT2D eigenvalue weighted by atomic mass is 10.1. The van der Waals surface area contributed by atoms with Crippen molar-refractivity contribution in [3.8, 4) is 0 Å². The van der Waals surface area contributed by atoms with E-state index in [0.29, 0.717) is 15.7 Å². The van der Waals surface area contributed by atoms with Crippen LogP contribution in [0.3, 0.4) is 0 Å². The number of alkyl halides is 11. The van der Waals surface area contributed by atoms with Crippen LogP contribution in [0.4, 0.5) is 48.3 Å². The van der Waals surface area contributed by atoms with E-state index in [0.717, 1.165) is 5.56 Å². The van der Waals surface area contributed by atoms with Gasteiger partial charge in [0.1, 0.15) is 5.70 Å². The Balaban J connectivity index is 3.50. The zero-order valence-corrected chi connectivity index (χ0v) is 16.0. The monoisotopic (exact) mass is 497 g/mol. The smallest absolute Gasteiger partial charge is 0.226 e. The molecule has 0 N–H and O–H groups in total. The number of nitrogens with zero attached hydrogens (tertiary/aromatic N) is 1. The Morgan fingerprint density at radius 3 is 1.66 bits per heavy atom. The predicted molar refractivity (Wildman–Crippen MR) is 88.1 cm³/mol. The standard InChI is InChI=1S/C14H7ClF11NS2/c1-6-2-4-7(5-3-6)28-29-10(15)27-9(11(16,17)14(24,25)26)8(12(18,19)20)13(21,22)23/h2-5H,1H3. The van der Waals surface area contributed by atoms with E-state index in [9.17, 15) is 48.3 Å². The van der Waals surface area contributed by atoms with E-state index in [1.165, 1.54) is 12.1 Å². The molecule has 0 aliphatic carbocycles. The molecule has 0 spiro atoms. The first-order valence-corrected chi connectivity index (χ1v) is 9.39. The SMILES string of the molecule is Cc1ccc(SSC(Cl)=NC(=C(C(F)(F)F)C(F)(F)F)C(F)(F)C(F)(F)F)cc1. The molecule has 0 amide bonds. The maximum absolute atomic E-state index is 13.5. The number of aryl methyl sites for hydroxylation is 1. The summed E-state index contributed by atoms with van der Waals surface area (Å²) in [5, 5.41) is 0. The molecule has 0 fully saturated rings. The molecule has 0 aromatic heterocycles. The van der Waals surface area contributed by atoms with E-state index < -0.39 is 40.2 Å². The Kier molecular flexibility index (Phi) is 7.96. The number of hydrogen-bond acceptors (Lipinski definition) is 3. The molecule has 1 nitrogen and oxygen atoms in total. The molecule has 0 aliphatic rings. The Morgan fingerprint density at radius 1 is 0.828 bits per heavy atom. The summed E-state index contributed by atoms with van der Waals surface area (Å²) in [7, 11) is 0.658. The first kappa shape index (κ1) is 25.9. The first-order chi connectivity index (χ1) is 12.9. The van der Waals surface area contributed by atoms with Crippen LogP contribution in [-0.4, -0.2) is 29.0 Å². The molecule has 0 bridgehead atoms. The van der Waals surface area contributed by atoms with E-state index in [1.807, 2.05) is 0 Å². The lowest BCUT2D eigenvalue weighted by molar-refractivity contribution is -0.268. The topological polar surface area (TPSA) is 12.4 Å². The van der Waals surface area contributed by atoms with Crippen LogP contribution in [0.2, 0.25) is 0 Å². The van der Waals surface area contributed by atoms with Gasteiger partial charge in [-0.25, -0.2) is 4.99 Å². The van der Waals surface area contributed by atoms with Gasteiger partial charge >= 0.3 is 24.5 Å². The molecule has 0 saturated carbocycles. The average molecular weight is 498 g/mol. The summed E-state index contributed by atoms with van der Waals surface area (Å²) in [5.74, 6) is -6.58. The molecular weight excluding hydrogens is 491 g/mol. The molecule has 164 valence electrons. The highest BCUT2D eigenvalue weighted by Crippen LogP contribution is 2.50. The van der Waals surface area contributed by atoms with Crippen molar-refractivity contribution in [2.75, 3.05) is 0 Å². The van der Waals surface area contributed by atoms with E-state index >= 15 is 0 Å². The Labute approximate surface area is 168 Å². The number of rotatable bonds is 4. The molecule has 1 aromatic carbocycles. The minimum Gasteiger partial charge on any atom is -0.226 e. The van der Waals surface area contributed by atoms with Crippen molar-refractivity contribution in [2.24, 2.45) is 4.99 Å². The molecule has 0 heterocycles. The highest BCUT2D eigenvalue weighted by atomic mass is 35.5. The Hall–Kier alpha value is -1.15. The van der Waals surface area contributed by atoms with Crippen molar-refractivity contribution in [3.63, 3.8) is 0 Å².